The highest BCUT2D eigenvalue weighted by Crippen LogP contribution is 2.30. The largest absolute Gasteiger partial charge is 0.465 e. The molecule has 1 aliphatic heterocycles. The SMILES string of the molecule is CCOC(=O)C1CN(C(=O)OC(C)(C)C)CC(C)(C)C1=O. The van der Waals surface area contributed by atoms with E-state index in [4.69, 9.17) is 9.47 Å². The number of likely N-dealkylation sites (tertiary alicyclic amines) is 1. The highest BCUT2D eigenvalue weighted by Gasteiger charge is 2.47. The molecule has 0 aliphatic carbocycles. The average molecular weight is 299 g/mol. The summed E-state index contributed by atoms with van der Waals surface area (Å²) in [4.78, 5) is 37.9. The molecular formula is C15H25NO5. The van der Waals surface area contributed by atoms with E-state index in [0.29, 0.717) is 0 Å². The summed E-state index contributed by atoms with van der Waals surface area (Å²) in [6.45, 7) is 10.9. The zero-order chi connectivity index (χ0) is 16.4. The second-order valence-electron chi connectivity index (χ2n) is 6.91. The summed E-state index contributed by atoms with van der Waals surface area (Å²) in [5.41, 5.74) is -1.42. The molecule has 1 atom stereocenters. The van der Waals surface area contributed by atoms with E-state index < -0.39 is 29.0 Å². The van der Waals surface area contributed by atoms with Crippen molar-refractivity contribution in [2.75, 3.05) is 19.7 Å². The Labute approximate surface area is 125 Å². The smallest absolute Gasteiger partial charge is 0.410 e. The number of carbonyl (C=O) groups is 3. The van der Waals surface area contributed by atoms with E-state index in [0.717, 1.165) is 0 Å². The highest BCUT2D eigenvalue weighted by molar-refractivity contribution is 6.03. The molecule has 1 rings (SSSR count). The van der Waals surface area contributed by atoms with Gasteiger partial charge in [-0.3, -0.25) is 9.59 Å². The minimum atomic E-state index is -0.943. The predicted octanol–water partition coefficient (Wildman–Crippen LogP) is 2.01. The van der Waals surface area contributed by atoms with Crippen molar-refractivity contribution in [1.29, 1.82) is 0 Å². The Hall–Kier alpha value is -1.59. The minimum Gasteiger partial charge on any atom is -0.465 e. The molecule has 1 fully saturated rings. The number of ketones is 1. The van der Waals surface area contributed by atoms with E-state index in [2.05, 4.69) is 0 Å². The molecule has 1 amide bonds. The summed E-state index contributed by atoms with van der Waals surface area (Å²) in [7, 11) is 0. The van der Waals surface area contributed by atoms with Gasteiger partial charge in [-0.25, -0.2) is 4.79 Å². The van der Waals surface area contributed by atoms with Gasteiger partial charge in [0.15, 0.2) is 5.78 Å². The van der Waals surface area contributed by atoms with Crippen LogP contribution in [-0.2, 0) is 19.1 Å². The molecule has 1 aliphatic rings. The molecule has 0 aromatic heterocycles. The molecule has 0 bridgehead atoms. The normalized spacial score (nSPS) is 21.9. The summed E-state index contributed by atoms with van der Waals surface area (Å²) in [5, 5.41) is 0. The lowest BCUT2D eigenvalue weighted by molar-refractivity contribution is -0.157. The van der Waals surface area contributed by atoms with Crippen LogP contribution in [0, 0.1) is 11.3 Å². The number of nitrogens with zero attached hydrogens (tertiary/aromatic N) is 1. The van der Waals surface area contributed by atoms with Gasteiger partial charge in [-0.2, -0.15) is 0 Å². The molecule has 6 nitrogen and oxygen atoms in total. The van der Waals surface area contributed by atoms with Crippen LogP contribution in [0.4, 0.5) is 4.79 Å². The third-order valence-corrected chi connectivity index (χ3v) is 3.20. The topological polar surface area (TPSA) is 72.9 Å². The Balaban J connectivity index is 2.92. The van der Waals surface area contributed by atoms with Crippen LogP contribution in [0.15, 0.2) is 0 Å². The molecule has 0 radical (unpaired) electrons. The predicted molar refractivity (Wildman–Crippen MR) is 76.7 cm³/mol. The molecule has 1 unspecified atom stereocenters. The van der Waals surface area contributed by atoms with E-state index in [1.54, 1.807) is 41.5 Å². The van der Waals surface area contributed by atoms with Gasteiger partial charge in [0.2, 0.25) is 0 Å². The first-order valence-electron chi connectivity index (χ1n) is 7.17. The Kier molecular flexibility index (Phi) is 5.02. The minimum absolute atomic E-state index is 0.00993. The number of Topliss-reactive ketones (excluding diaryl/α,β-unsaturated/α-hetero) is 1. The van der Waals surface area contributed by atoms with Gasteiger partial charge >= 0.3 is 12.1 Å². The molecular weight excluding hydrogens is 274 g/mol. The van der Waals surface area contributed by atoms with Crippen LogP contribution in [0.1, 0.15) is 41.5 Å². The first-order chi connectivity index (χ1) is 9.48. The van der Waals surface area contributed by atoms with E-state index in [1.165, 1.54) is 4.90 Å². The molecule has 1 heterocycles. The maximum absolute atomic E-state index is 12.3. The summed E-state index contributed by atoms with van der Waals surface area (Å²) >= 11 is 0. The van der Waals surface area contributed by atoms with Gasteiger partial charge < -0.3 is 14.4 Å². The van der Waals surface area contributed by atoms with Gasteiger partial charge in [0.1, 0.15) is 11.5 Å². The van der Waals surface area contributed by atoms with Crippen molar-refractivity contribution >= 4 is 17.8 Å². The molecule has 21 heavy (non-hydrogen) atoms. The van der Waals surface area contributed by atoms with Crippen molar-refractivity contribution < 1.29 is 23.9 Å². The molecule has 0 N–H and O–H groups in total. The quantitative estimate of drug-likeness (QED) is 0.576. The Morgan fingerprint density at radius 3 is 2.38 bits per heavy atom. The van der Waals surface area contributed by atoms with Crippen molar-refractivity contribution in [2.45, 2.75) is 47.1 Å². The molecule has 0 saturated carbocycles. The maximum Gasteiger partial charge on any atom is 0.410 e. The van der Waals surface area contributed by atoms with Gasteiger partial charge in [0, 0.05) is 18.5 Å². The van der Waals surface area contributed by atoms with Crippen molar-refractivity contribution in [2.24, 2.45) is 11.3 Å². The van der Waals surface area contributed by atoms with Gasteiger partial charge in [0.05, 0.1) is 6.61 Å². The first-order valence-corrected chi connectivity index (χ1v) is 7.17. The number of amides is 1. The van der Waals surface area contributed by atoms with Gasteiger partial charge in [-0.05, 0) is 27.7 Å². The maximum atomic E-state index is 12.3. The summed E-state index contributed by atoms with van der Waals surface area (Å²) in [6, 6.07) is 0. The van der Waals surface area contributed by atoms with Crippen LogP contribution in [0.2, 0.25) is 0 Å². The third kappa shape index (κ3) is 4.44. The second kappa shape index (κ2) is 6.03. The lowest BCUT2D eigenvalue weighted by Gasteiger charge is -2.40. The summed E-state index contributed by atoms with van der Waals surface area (Å²) in [5.74, 6) is -1.72. The number of hydrogen-bond donors (Lipinski definition) is 0. The number of esters is 1. The molecule has 6 heteroatoms. The van der Waals surface area contributed by atoms with Crippen LogP contribution in [0.5, 0.6) is 0 Å². The first kappa shape index (κ1) is 17.5. The Morgan fingerprint density at radius 1 is 1.33 bits per heavy atom. The molecule has 0 aromatic carbocycles. The summed E-state index contributed by atoms with van der Waals surface area (Å²) in [6.07, 6.45) is -0.516. The van der Waals surface area contributed by atoms with Crippen molar-refractivity contribution in [3.8, 4) is 0 Å². The van der Waals surface area contributed by atoms with E-state index in [1.807, 2.05) is 0 Å². The van der Waals surface area contributed by atoms with Crippen molar-refractivity contribution in [1.82, 2.24) is 4.90 Å². The lowest BCUT2D eigenvalue weighted by atomic mass is 9.77. The molecule has 0 spiro atoms. The number of rotatable bonds is 2. The monoisotopic (exact) mass is 299 g/mol. The highest BCUT2D eigenvalue weighted by atomic mass is 16.6. The van der Waals surface area contributed by atoms with Crippen LogP contribution in [0.25, 0.3) is 0 Å². The van der Waals surface area contributed by atoms with Crippen LogP contribution >= 0.6 is 0 Å². The molecule has 0 aromatic rings. The fourth-order valence-corrected chi connectivity index (χ4v) is 2.28. The van der Waals surface area contributed by atoms with E-state index in [-0.39, 0.29) is 25.5 Å². The summed E-state index contributed by atoms with van der Waals surface area (Å²) < 4.78 is 10.3. The number of carbonyl (C=O) groups excluding carboxylic acids is 3. The van der Waals surface area contributed by atoms with Gasteiger partial charge in [-0.1, -0.05) is 13.8 Å². The molecule has 120 valence electrons. The fourth-order valence-electron chi connectivity index (χ4n) is 2.28. The Morgan fingerprint density at radius 2 is 1.90 bits per heavy atom. The average Bonchev–Trinajstić information content (AvgIpc) is 2.30. The zero-order valence-electron chi connectivity index (χ0n) is 13.7. The molecule has 1 saturated heterocycles. The van der Waals surface area contributed by atoms with Crippen molar-refractivity contribution in [3.05, 3.63) is 0 Å². The zero-order valence-corrected chi connectivity index (χ0v) is 13.7. The Bertz CT molecular complexity index is 436. The van der Waals surface area contributed by atoms with Gasteiger partial charge in [0.25, 0.3) is 0 Å². The fraction of sp³-hybridized carbons (Fsp3) is 0.800. The third-order valence-electron chi connectivity index (χ3n) is 3.20. The second-order valence-corrected chi connectivity index (χ2v) is 6.91. The number of ether oxygens (including phenoxy) is 2. The van der Waals surface area contributed by atoms with Crippen molar-refractivity contribution in [3.63, 3.8) is 0 Å². The van der Waals surface area contributed by atoms with Gasteiger partial charge in [-0.15, -0.1) is 0 Å². The number of piperidine rings is 1. The van der Waals surface area contributed by atoms with E-state index in [9.17, 15) is 14.4 Å². The van der Waals surface area contributed by atoms with Crippen LogP contribution < -0.4 is 0 Å². The van der Waals surface area contributed by atoms with Crippen LogP contribution in [-0.4, -0.2) is 48.0 Å². The van der Waals surface area contributed by atoms with E-state index >= 15 is 0 Å². The lowest BCUT2D eigenvalue weighted by Crippen LogP contribution is -2.56. The number of hydrogen-bond acceptors (Lipinski definition) is 5. The standard InChI is InChI=1S/C15H25NO5/c1-7-20-12(18)10-8-16(9-15(5,6)11(10)17)13(19)21-14(2,3)4/h10H,7-9H2,1-6H3. The van der Waals surface area contributed by atoms with Crippen LogP contribution in [0.3, 0.4) is 0 Å².